The van der Waals surface area contributed by atoms with Gasteiger partial charge in [0.15, 0.2) is 0 Å². The van der Waals surface area contributed by atoms with Crippen molar-refractivity contribution in [2.24, 2.45) is 0 Å². The minimum Gasteiger partial charge on any atom is -0.338 e. The van der Waals surface area contributed by atoms with Crippen LogP contribution in [0.5, 0.6) is 0 Å². The van der Waals surface area contributed by atoms with E-state index in [4.69, 9.17) is 0 Å². The number of nitrogens with one attached hydrogen (secondary N) is 2. The highest BCUT2D eigenvalue weighted by atomic mass is 19.1. The van der Waals surface area contributed by atoms with Gasteiger partial charge in [0, 0.05) is 40.5 Å². The number of hydrogen-bond acceptors (Lipinski definition) is 3. The normalized spacial score (nSPS) is 11.4. The average Bonchev–Trinajstić information content (AvgIpc) is 3.43. The summed E-state index contributed by atoms with van der Waals surface area (Å²) in [4.78, 5) is 12.0. The predicted octanol–water partition coefficient (Wildman–Crippen LogP) is 5.97. The van der Waals surface area contributed by atoms with E-state index in [1.54, 1.807) is 24.5 Å². The summed E-state index contributed by atoms with van der Waals surface area (Å²) in [5, 5.41) is 9.48. The molecule has 0 radical (unpaired) electrons. The van der Waals surface area contributed by atoms with Crippen LogP contribution in [0.25, 0.3) is 55.6 Å². The highest BCUT2D eigenvalue weighted by molar-refractivity contribution is 6.00. The van der Waals surface area contributed by atoms with Crippen molar-refractivity contribution >= 4 is 21.9 Å². The molecule has 6 heteroatoms. The molecule has 6 aromatic rings. The Labute approximate surface area is 176 Å². The van der Waals surface area contributed by atoms with Crippen LogP contribution >= 0.6 is 0 Å². The van der Waals surface area contributed by atoms with Crippen molar-refractivity contribution in [1.82, 2.24) is 25.1 Å². The molecule has 0 amide bonds. The van der Waals surface area contributed by atoms with Gasteiger partial charge in [-0.15, -0.1) is 0 Å². The zero-order chi connectivity index (χ0) is 20.8. The number of benzene rings is 2. The second-order valence-corrected chi connectivity index (χ2v) is 7.36. The molecule has 6 rings (SSSR count). The van der Waals surface area contributed by atoms with Crippen LogP contribution in [0.15, 0.2) is 85.3 Å². The van der Waals surface area contributed by atoms with Crippen molar-refractivity contribution in [3.63, 3.8) is 0 Å². The lowest BCUT2D eigenvalue weighted by Crippen LogP contribution is -1.85. The van der Waals surface area contributed by atoms with Crippen LogP contribution in [0.1, 0.15) is 0 Å². The van der Waals surface area contributed by atoms with Crippen molar-refractivity contribution in [2.75, 3.05) is 0 Å². The Morgan fingerprint density at radius 2 is 1.71 bits per heavy atom. The molecule has 0 fully saturated rings. The Bertz CT molecular complexity index is 1550. The summed E-state index contributed by atoms with van der Waals surface area (Å²) in [7, 11) is 0. The van der Waals surface area contributed by atoms with E-state index in [1.807, 2.05) is 48.7 Å². The molecule has 0 spiro atoms. The molecule has 0 aliphatic heterocycles. The first-order chi connectivity index (χ1) is 15.3. The van der Waals surface area contributed by atoms with Gasteiger partial charge < -0.3 is 4.98 Å². The summed E-state index contributed by atoms with van der Waals surface area (Å²) in [5.41, 5.74) is 6.67. The van der Waals surface area contributed by atoms with Crippen molar-refractivity contribution in [3.8, 4) is 33.6 Å². The number of nitrogens with zero attached hydrogens (tertiary/aromatic N) is 3. The van der Waals surface area contributed by atoms with Gasteiger partial charge >= 0.3 is 0 Å². The van der Waals surface area contributed by atoms with E-state index in [0.29, 0.717) is 11.2 Å². The van der Waals surface area contributed by atoms with Crippen molar-refractivity contribution in [1.29, 1.82) is 0 Å². The molecule has 2 aromatic carbocycles. The molecule has 0 unspecified atom stereocenters. The van der Waals surface area contributed by atoms with E-state index >= 15 is 0 Å². The lowest BCUT2D eigenvalue weighted by atomic mass is 10.0. The van der Waals surface area contributed by atoms with Crippen molar-refractivity contribution in [3.05, 3.63) is 91.1 Å². The number of fused-ring (bicyclic) bond motifs is 2. The van der Waals surface area contributed by atoms with Crippen molar-refractivity contribution in [2.45, 2.75) is 0 Å². The second-order valence-electron chi connectivity index (χ2n) is 7.36. The predicted molar refractivity (Wildman–Crippen MR) is 120 cm³/mol. The molecule has 148 valence electrons. The maximum atomic E-state index is 14.4. The topological polar surface area (TPSA) is 70.2 Å². The first-order valence-electron chi connectivity index (χ1n) is 9.89. The third kappa shape index (κ3) is 2.88. The van der Waals surface area contributed by atoms with Crippen LogP contribution < -0.4 is 0 Å². The van der Waals surface area contributed by atoms with Crippen molar-refractivity contribution < 1.29 is 4.39 Å². The molecule has 0 aliphatic rings. The third-order valence-electron chi connectivity index (χ3n) is 5.51. The van der Waals surface area contributed by atoms with Crippen LogP contribution in [0.2, 0.25) is 0 Å². The number of halogens is 1. The maximum Gasteiger partial charge on any atom is 0.138 e. The fraction of sp³-hybridized carbons (Fsp3) is 0. The highest BCUT2D eigenvalue weighted by Crippen LogP contribution is 2.35. The molecular formula is C25H16FN5. The van der Waals surface area contributed by atoms with Crippen LogP contribution in [0, 0.1) is 5.82 Å². The zero-order valence-electron chi connectivity index (χ0n) is 16.3. The largest absolute Gasteiger partial charge is 0.338 e. The quantitative estimate of drug-likeness (QED) is 0.381. The van der Waals surface area contributed by atoms with Gasteiger partial charge in [-0.2, -0.15) is 5.10 Å². The highest BCUT2D eigenvalue weighted by Gasteiger charge is 2.16. The first kappa shape index (κ1) is 17.5. The molecule has 31 heavy (non-hydrogen) atoms. The Balaban J connectivity index is 1.53. The van der Waals surface area contributed by atoms with Gasteiger partial charge in [0.2, 0.25) is 0 Å². The van der Waals surface area contributed by atoms with E-state index in [2.05, 4.69) is 31.2 Å². The van der Waals surface area contributed by atoms with E-state index in [1.165, 1.54) is 6.07 Å². The number of aromatic nitrogens is 5. The number of H-pyrrole nitrogens is 2. The number of hydrogen-bond donors (Lipinski definition) is 2. The molecule has 0 bridgehead atoms. The Morgan fingerprint density at radius 1 is 0.774 bits per heavy atom. The van der Waals surface area contributed by atoms with Crippen LogP contribution in [0.4, 0.5) is 4.39 Å². The lowest BCUT2D eigenvalue weighted by Gasteiger charge is -2.04. The van der Waals surface area contributed by atoms with E-state index in [-0.39, 0.29) is 5.82 Å². The summed E-state index contributed by atoms with van der Waals surface area (Å²) in [5.74, 6) is -0.260. The summed E-state index contributed by atoms with van der Waals surface area (Å²) in [6, 6.07) is 20.7. The first-order valence-corrected chi connectivity index (χ1v) is 9.89. The molecule has 4 aromatic heterocycles. The van der Waals surface area contributed by atoms with Crippen LogP contribution in [0.3, 0.4) is 0 Å². The van der Waals surface area contributed by atoms with Gasteiger partial charge in [-0.1, -0.05) is 30.3 Å². The van der Waals surface area contributed by atoms with Gasteiger partial charge in [0.05, 0.1) is 11.2 Å². The lowest BCUT2D eigenvalue weighted by molar-refractivity contribution is 0.631. The Morgan fingerprint density at radius 3 is 2.58 bits per heavy atom. The van der Waals surface area contributed by atoms with Gasteiger partial charge in [0.25, 0.3) is 0 Å². The standard InChI is InChI=1S/C25H16FN5/c26-21-6-2-1-5-18(21)17-9-11-28-25-19(17)13-23(29-25)24-20-12-15(7-8-22(20)30-31-24)16-4-3-10-27-14-16/h1-14H,(H,28,29)(H,30,31). The average molecular weight is 405 g/mol. The number of rotatable bonds is 3. The summed E-state index contributed by atoms with van der Waals surface area (Å²) in [6.07, 6.45) is 5.29. The second kappa shape index (κ2) is 6.88. The summed E-state index contributed by atoms with van der Waals surface area (Å²) in [6.45, 7) is 0. The molecule has 0 saturated carbocycles. The summed E-state index contributed by atoms with van der Waals surface area (Å²) >= 11 is 0. The molecular weight excluding hydrogens is 389 g/mol. The molecule has 4 heterocycles. The van der Waals surface area contributed by atoms with E-state index < -0.39 is 0 Å². The Kier molecular flexibility index (Phi) is 3.89. The molecule has 0 atom stereocenters. The fourth-order valence-corrected chi connectivity index (χ4v) is 4.00. The summed E-state index contributed by atoms with van der Waals surface area (Å²) < 4.78 is 14.4. The third-order valence-corrected chi connectivity index (χ3v) is 5.51. The minimum absolute atomic E-state index is 0.260. The van der Waals surface area contributed by atoms with Crippen LogP contribution in [-0.4, -0.2) is 25.1 Å². The number of pyridine rings is 2. The van der Waals surface area contributed by atoms with Gasteiger partial charge in [-0.25, -0.2) is 9.37 Å². The van der Waals surface area contributed by atoms with Gasteiger partial charge in [-0.05, 0) is 47.5 Å². The van der Waals surface area contributed by atoms with Crippen LogP contribution in [-0.2, 0) is 0 Å². The molecule has 0 aliphatic carbocycles. The number of aromatic amines is 2. The Hall–Kier alpha value is -4.32. The van der Waals surface area contributed by atoms with Gasteiger partial charge in [0.1, 0.15) is 17.2 Å². The zero-order valence-corrected chi connectivity index (χ0v) is 16.3. The van der Waals surface area contributed by atoms with E-state index in [0.717, 1.165) is 44.4 Å². The SMILES string of the molecule is Fc1ccccc1-c1ccnc2[nH]c(-c3n[nH]c4ccc(-c5cccnc5)cc34)cc12. The fourth-order valence-electron chi connectivity index (χ4n) is 4.00. The maximum absolute atomic E-state index is 14.4. The minimum atomic E-state index is -0.260. The van der Waals surface area contributed by atoms with E-state index in [9.17, 15) is 4.39 Å². The van der Waals surface area contributed by atoms with Gasteiger partial charge in [-0.3, -0.25) is 10.1 Å². The molecule has 5 nitrogen and oxygen atoms in total. The molecule has 2 N–H and O–H groups in total. The molecule has 0 saturated heterocycles. The monoisotopic (exact) mass is 405 g/mol. The smallest absolute Gasteiger partial charge is 0.138 e.